The topological polar surface area (TPSA) is 79.8 Å². The smallest absolute Gasteiger partial charge is 0.329 e. The number of carbonyl (C=O) groups excluding carboxylic acids is 2. The van der Waals surface area contributed by atoms with E-state index in [2.05, 4.69) is 15.8 Å². The maximum absolute atomic E-state index is 11.6. The third kappa shape index (κ3) is 4.69. The van der Waals surface area contributed by atoms with E-state index in [-0.39, 0.29) is 6.10 Å². The lowest BCUT2D eigenvalue weighted by atomic mass is 10.2. The Balaban J connectivity index is 1.79. The van der Waals surface area contributed by atoms with Gasteiger partial charge in [0.25, 0.3) is 0 Å². The predicted molar refractivity (Wildman–Crippen MR) is 84.2 cm³/mol. The zero-order valence-corrected chi connectivity index (χ0v) is 13.2. The van der Waals surface area contributed by atoms with Crippen LogP contribution in [-0.4, -0.2) is 37.3 Å². The minimum Gasteiger partial charge on any atom is -0.376 e. The van der Waals surface area contributed by atoms with E-state index in [4.69, 9.17) is 27.9 Å². The largest absolute Gasteiger partial charge is 0.376 e. The van der Waals surface area contributed by atoms with Crippen molar-refractivity contribution in [1.29, 1.82) is 0 Å². The Labute approximate surface area is 137 Å². The lowest BCUT2D eigenvalue weighted by Crippen LogP contribution is -2.41. The maximum atomic E-state index is 11.6. The van der Waals surface area contributed by atoms with Crippen molar-refractivity contribution in [3.63, 3.8) is 0 Å². The first kappa shape index (κ1) is 16.7. The lowest BCUT2D eigenvalue weighted by molar-refractivity contribution is -0.139. The van der Waals surface area contributed by atoms with Gasteiger partial charge < -0.3 is 10.1 Å². The molecule has 22 heavy (non-hydrogen) atoms. The molecular formula is C14H15Cl2N3O3. The molecule has 0 unspecified atom stereocenters. The molecule has 1 saturated heterocycles. The summed E-state index contributed by atoms with van der Waals surface area (Å²) in [6.07, 6.45) is 3.15. The summed E-state index contributed by atoms with van der Waals surface area (Å²) in [4.78, 5) is 23.1. The average molecular weight is 344 g/mol. The second-order valence-electron chi connectivity index (χ2n) is 4.69. The number of hydrazone groups is 1. The van der Waals surface area contributed by atoms with Crippen LogP contribution in [0.1, 0.15) is 18.4 Å². The molecular weight excluding hydrogens is 329 g/mol. The number of ether oxygens (including phenoxy) is 1. The molecule has 2 amide bonds. The fourth-order valence-corrected chi connectivity index (χ4v) is 2.28. The Morgan fingerprint density at radius 2 is 2.18 bits per heavy atom. The summed E-state index contributed by atoms with van der Waals surface area (Å²) in [6.45, 7) is 1.01. The zero-order valence-electron chi connectivity index (χ0n) is 11.6. The molecule has 0 aromatic heterocycles. The Bertz CT molecular complexity index is 587. The molecule has 0 radical (unpaired) electrons. The van der Waals surface area contributed by atoms with Crippen LogP contribution in [0.15, 0.2) is 23.3 Å². The molecule has 1 aliphatic heterocycles. The van der Waals surface area contributed by atoms with Gasteiger partial charge in [0.2, 0.25) is 0 Å². The Morgan fingerprint density at radius 1 is 1.36 bits per heavy atom. The molecule has 6 nitrogen and oxygen atoms in total. The summed E-state index contributed by atoms with van der Waals surface area (Å²) in [5, 5.41) is 6.89. The standard InChI is InChI=1S/C14H15Cl2N3O3/c15-11-5-1-3-9(12(11)16)7-18-19-14(21)13(20)17-8-10-4-2-6-22-10/h1,3,5,7,10H,2,4,6,8H2,(H,17,20)(H,19,21)/b18-7-/t10-/m1/s1. The minimum absolute atomic E-state index is 0.0227. The van der Waals surface area contributed by atoms with Gasteiger partial charge in [0.15, 0.2) is 0 Å². The van der Waals surface area contributed by atoms with Gasteiger partial charge in [-0.25, -0.2) is 5.43 Å². The zero-order chi connectivity index (χ0) is 15.9. The molecule has 0 saturated carbocycles. The Hall–Kier alpha value is -1.63. The lowest BCUT2D eigenvalue weighted by Gasteiger charge is -2.09. The third-order valence-corrected chi connectivity index (χ3v) is 3.91. The van der Waals surface area contributed by atoms with Crippen LogP contribution in [0.4, 0.5) is 0 Å². The van der Waals surface area contributed by atoms with E-state index in [0.717, 1.165) is 12.8 Å². The van der Waals surface area contributed by atoms with Gasteiger partial charge in [0.1, 0.15) is 0 Å². The summed E-state index contributed by atoms with van der Waals surface area (Å²) < 4.78 is 5.34. The highest BCUT2D eigenvalue weighted by molar-refractivity contribution is 6.43. The molecule has 0 aliphatic carbocycles. The minimum atomic E-state index is -0.854. The highest BCUT2D eigenvalue weighted by Crippen LogP contribution is 2.24. The van der Waals surface area contributed by atoms with E-state index in [1.165, 1.54) is 6.21 Å². The molecule has 0 spiro atoms. The molecule has 1 aromatic rings. The number of carbonyl (C=O) groups is 2. The fourth-order valence-electron chi connectivity index (χ4n) is 1.92. The third-order valence-electron chi connectivity index (χ3n) is 3.07. The second-order valence-corrected chi connectivity index (χ2v) is 5.47. The Morgan fingerprint density at radius 3 is 2.91 bits per heavy atom. The van der Waals surface area contributed by atoms with E-state index in [0.29, 0.717) is 28.8 Å². The number of hydrogen-bond acceptors (Lipinski definition) is 4. The first-order valence-corrected chi connectivity index (χ1v) is 7.50. The van der Waals surface area contributed by atoms with E-state index in [9.17, 15) is 9.59 Å². The first-order chi connectivity index (χ1) is 10.6. The van der Waals surface area contributed by atoms with E-state index in [1.807, 2.05) is 0 Å². The van der Waals surface area contributed by atoms with Crippen LogP contribution in [0.5, 0.6) is 0 Å². The SMILES string of the molecule is O=C(NC[C@H]1CCCO1)C(=O)N/N=C\c1cccc(Cl)c1Cl. The van der Waals surface area contributed by atoms with Gasteiger partial charge in [0, 0.05) is 18.7 Å². The van der Waals surface area contributed by atoms with Crippen molar-refractivity contribution in [2.24, 2.45) is 5.10 Å². The molecule has 1 aliphatic rings. The number of rotatable bonds is 4. The number of amides is 2. The van der Waals surface area contributed by atoms with E-state index >= 15 is 0 Å². The summed E-state index contributed by atoms with van der Waals surface area (Å²) in [5.74, 6) is -1.61. The van der Waals surface area contributed by atoms with Crippen molar-refractivity contribution in [3.05, 3.63) is 33.8 Å². The second kappa shape index (κ2) is 8.12. The molecule has 1 heterocycles. The molecule has 0 bridgehead atoms. The number of halogens is 2. The summed E-state index contributed by atoms with van der Waals surface area (Å²) in [5.41, 5.74) is 2.67. The highest BCUT2D eigenvalue weighted by Gasteiger charge is 2.18. The van der Waals surface area contributed by atoms with E-state index < -0.39 is 11.8 Å². The van der Waals surface area contributed by atoms with Crippen LogP contribution in [0, 0.1) is 0 Å². The summed E-state index contributed by atoms with van der Waals surface area (Å²) >= 11 is 11.8. The quantitative estimate of drug-likeness (QED) is 0.496. The molecule has 8 heteroatoms. The Kier molecular flexibility index (Phi) is 6.18. The number of nitrogens with zero attached hydrogens (tertiary/aromatic N) is 1. The highest BCUT2D eigenvalue weighted by atomic mass is 35.5. The monoisotopic (exact) mass is 343 g/mol. The van der Waals surface area contributed by atoms with Gasteiger partial charge in [-0.1, -0.05) is 35.3 Å². The van der Waals surface area contributed by atoms with Gasteiger partial charge in [0.05, 0.1) is 22.4 Å². The first-order valence-electron chi connectivity index (χ1n) is 6.75. The maximum Gasteiger partial charge on any atom is 0.329 e. The normalized spacial score (nSPS) is 17.6. The van der Waals surface area contributed by atoms with Crippen molar-refractivity contribution in [2.75, 3.05) is 13.2 Å². The fraction of sp³-hybridized carbons (Fsp3) is 0.357. The van der Waals surface area contributed by atoms with Crippen LogP contribution in [0.2, 0.25) is 10.0 Å². The van der Waals surface area contributed by atoms with Crippen LogP contribution in [0.25, 0.3) is 0 Å². The van der Waals surface area contributed by atoms with Gasteiger partial charge in [-0.2, -0.15) is 5.10 Å². The van der Waals surface area contributed by atoms with Crippen LogP contribution in [-0.2, 0) is 14.3 Å². The summed E-state index contributed by atoms with van der Waals surface area (Å²) in [7, 11) is 0. The van der Waals surface area contributed by atoms with Gasteiger partial charge in [-0.05, 0) is 18.9 Å². The molecule has 1 fully saturated rings. The number of benzene rings is 1. The van der Waals surface area contributed by atoms with Gasteiger partial charge in [-0.3, -0.25) is 9.59 Å². The molecule has 118 valence electrons. The van der Waals surface area contributed by atoms with Crippen molar-refractivity contribution in [2.45, 2.75) is 18.9 Å². The molecule has 2 N–H and O–H groups in total. The van der Waals surface area contributed by atoms with Crippen LogP contribution < -0.4 is 10.7 Å². The number of hydrogen-bond donors (Lipinski definition) is 2. The predicted octanol–water partition coefficient (Wildman–Crippen LogP) is 1.74. The van der Waals surface area contributed by atoms with Crippen molar-refractivity contribution < 1.29 is 14.3 Å². The molecule has 1 aromatic carbocycles. The van der Waals surface area contributed by atoms with Crippen LogP contribution in [0.3, 0.4) is 0 Å². The van der Waals surface area contributed by atoms with Crippen LogP contribution >= 0.6 is 23.2 Å². The molecule has 2 rings (SSSR count). The van der Waals surface area contributed by atoms with Gasteiger partial charge in [-0.15, -0.1) is 0 Å². The number of nitrogens with one attached hydrogen (secondary N) is 2. The average Bonchev–Trinajstić information content (AvgIpc) is 3.02. The van der Waals surface area contributed by atoms with Crippen molar-refractivity contribution in [3.8, 4) is 0 Å². The van der Waals surface area contributed by atoms with Crippen molar-refractivity contribution >= 4 is 41.2 Å². The summed E-state index contributed by atoms with van der Waals surface area (Å²) in [6, 6.07) is 5.02. The van der Waals surface area contributed by atoms with Gasteiger partial charge >= 0.3 is 11.8 Å². The van der Waals surface area contributed by atoms with E-state index in [1.54, 1.807) is 18.2 Å². The van der Waals surface area contributed by atoms with Crippen molar-refractivity contribution in [1.82, 2.24) is 10.7 Å². The molecule has 1 atom stereocenters.